The smallest absolute Gasteiger partial charge is 0.0300 e. The molecule has 1 saturated carbocycles. The molecule has 0 aliphatic heterocycles. The Morgan fingerprint density at radius 2 is 1.58 bits per heavy atom. The maximum atomic E-state index is 2.51. The number of rotatable bonds is 2. The molecule has 0 heterocycles. The van der Waals surface area contributed by atoms with E-state index in [2.05, 4.69) is 20.8 Å². The van der Waals surface area contributed by atoms with Crippen molar-refractivity contribution in [3.8, 4) is 0 Å². The van der Waals surface area contributed by atoms with Gasteiger partial charge in [-0.05, 0) is 24.2 Å². The van der Waals surface area contributed by atoms with Crippen molar-refractivity contribution < 1.29 is 0 Å². The van der Waals surface area contributed by atoms with Crippen LogP contribution in [-0.2, 0) is 0 Å². The van der Waals surface area contributed by atoms with Crippen LogP contribution in [0.3, 0.4) is 0 Å². The predicted octanol–water partition coefficient (Wildman–Crippen LogP) is 4.39. The van der Waals surface area contributed by atoms with Crippen LogP contribution < -0.4 is 0 Å². The molecule has 0 aromatic heterocycles. The monoisotopic (exact) mass is 168 g/mol. The summed E-state index contributed by atoms with van der Waals surface area (Å²) in [4.78, 5) is 0. The van der Waals surface area contributed by atoms with Crippen LogP contribution in [0.2, 0.25) is 0 Å². The second kappa shape index (κ2) is 4.30. The van der Waals surface area contributed by atoms with Crippen LogP contribution >= 0.6 is 0 Å². The zero-order valence-corrected chi connectivity index (χ0v) is 9.03. The standard InChI is InChI=1S/C12H24/c1-4-11(2)12(3)9-7-5-6-8-10-12/h11H,4-10H2,1-3H3. The van der Waals surface area contributed by atoms with Gasteiger partial charge in [-0.2, -0.15) is 0 Å². The zero-order valence-electron chi connectivity index (χ0n) is 9.03. The van der Waals surface area contributed by atoms with Crippen molar-refractivity contribution in [1.29, 1.82) is 0 Å². The highest BCUT2D eigenvalue weighted by molar-refractivity contribution is 4.81. The summed E-state index contributed by atoms with van der Waals surface area (Å²) >= 11 is 0. The average molecular weight is 168 g/mol. The summed E-state index contributed by atoms with van der Waals surface area (Å²) in [6.45, 7) is 7.28. The molecule has 1 rings (SSSR count). The van der Waals surface area contributed by atoms with Gasteiger partial charge in [0, 0.05) is 0 Å². The first-order valence-electron chi connectivity index (χ1n) is 5.69. The molecule has 1 fully saturated rings. The summed E-state index contributed by atoms with van der Waals surface area (Å²) in [7, 11) is 0. The lowest BCUT2D eigenvalue weighted by Crippen LogP contribution is -2.24. The third-order valence-corrected chi connectivity index (χ3v) is 4.05. The van der Waals surface area contributed by atoms with Gasteiger partial charge in [0.15, 0.2) is 0 Å². The lowest BCUT2D eigenvalue weighted by atomic mass is 9.71. The number of hydrogen-bond donors (Lipinski definition) is 0. The summed E-state index contributed by atoms with van der Waals surface area (Å²) in [6.07, 6.45) is 10.2. The van der Waals surface area contributed by atoms with Crippen LogP contribution in [0.15, 0.2) is 0 Å². The Balaban J connectivity index is 2.53. The molecule has 0 saturated heterocycles. The van der Waals surface area contributed by atoms with Gasteiger partial charge in [0.2, 0.25) is 0 Å². The van der Waals surface area contributed by atoms with E-state index < -0.39 is 0 Å². The summed E-state index contributed by atoms with van der Waals surface area (Å²) in [5, 5.41) is 0. The SMILES string of the molecule is CCC(C)C1(C)CCCCCC1. The van der Waals surface area contributed by atoms with Gasteiger partial charge in [-0.15, -0.1) is 0 Å². The summed E-state index contributed by atoms with van der Waals surface area (Å²) < 4.78 is 0. The third-order valence-electron chi connectivity index (χ3n) is 4.05. The Labute approximate surface area is 77.7 Å². The molecule has 0 nitrogen and oxygen atoms in total. The quantitative estimate of drug-likeness (QED) is 0.536. The molecule has 72 valence electrons. The fourth-order valence-corrected chi connectivity index (χ4v) is 2.52. The molecule has 0 radical (unpaired) electrons. The van der Waals surface area contributed by atoms with Gasteiger partial charge in [0.1, 0.15) is 0 Å². The highest BCUT2D eigenvalue weighted by Crippen LogP contribution is 2.42. The molecule has 12 heavy (non-hydrogen) atoms. The molecule has 0 heteroatoms. The van der Waals surface area contributed by atoms with Crippen LogP contribution in [0.5, 0.6) is 0 Å². The second-order valence-electron chi connectivity index (χ2n) is 4.88. The van der Waals surface area contributed by atoms with Gasteiger partial charge in [-0.3, -0.25) is 0 Å². The van der Waals surface area contributed by atoms with Crippen LogP contribution in [0, 0.1) is 11.3 Å². The van der Waals surface area contributed by atoms with Gasteiger partial charge in [-0.25, -0.2) is 0 Å². The Bertz CT molecular complexity index is 118. The summed E-state index contributed by atoms with van der Waals surface area (Å²) in [5.41, 5.74) is 0.672. The minimum absolute atomic E-state index is 0.672. The Morgan fingerprint density at radius 1 is 1.08 bits per heavy atom. The summed E-state index contributed by atoms with van der Waals surface area (Å²) in [6, 6.07) is 0. The largest absolute Gasteiger partial charge is 0.0651 e. The van der Waals surface area contributed by atoms with Crippen molar-refractivity contribution in [3.05, 3.63) is 0 Å². The van der Waals surface area contributed by atoms with Crippen LogP contribution in [-0.4, -0.2) is 0 Å². The topological polar surface area (TPSA) is 0 Å². The highest BCUT2D eigenvalue weighted by Gasteiger charge is 2.30. The van der Waals surface area contributed by atoms with E-state index in [4.69, 9.17) is 0 Å². The molecule has 1 unspecified atom stereocenters. The lowest BCUT2D eigenvalue weighted by Gasteiger charge is -2.34. The Kier molecular flexibility index (Phi) is 3.61. The molecule has 1 atom stereocenters. The first-order valence-corrected chi connectivity index (χ1v) is 5.69. The van der Waals surface area contributed by atoms with E-state index in [0.29, 0.717) is 5.41 Å². The van der Waals surface area contributed by atoms with E-state index in [-0.39, 0.29) is 0 Å². The molecule has 0 amide bonds. The third kappa shape index (κ3) is 2.24. The highest BCUT2D eigenvalue weighted by atomic mass is 14.3. The molecule has 0 spiro atoms. The van der Waals surface area contributed by atoms with Crippen LogP contribution in [0.25, 0.3) is 0 Å². The molecule has 0 N–H and O–H groups in total. The Morgan fingerprint density at radius 3 is 2.00 bits per heavy atom. The Hall–Kier alpha value is 0. The molecule has 1 aliphatic rings. The lowest BCUT2D eigenvalue weighted by molar-refractivity contribution is 0.166. The van der Waals surface area contributed by atoms with Gasteiger partial charge < -0.3 is 0 Å². The average Bonchev–Trinajstić information content (AvgIpc) is 2.29. The fourth-order valence-electron chi connectivity index (χ4n) is 2.52. The molecule has 1 aliphatic carbocycles. The van der Waals surface area contributed by atoms with Crippen molar-refractivity contribution in [2.45, 2.75) is 65.7 Å². The summed E-state index contributed by atoms with van der Waals surface area (Å²) in [5.74, 6) is 0.926. The van der Waals surface area contributed by atoms with Gasteiger partial charge in [0.05, 0.1) is 0 Å². The molecular formula is C12H24. The van der Waals surface area contributed by atoms with E-state index in [1.165, 1.54) is 44.9 Å². The maximum absolute atomic E-state index is 2.51. The number of hydrogen-bond acceptors (Lipinski definition) is 0. The van der Waals surface area contributed by atoms with Crippen molar-refractivity contribution in [2.75, 3.05) is 0 Å². The van der Waals surface area contributed by atoms with Crippen molar-refractivity contribution in [2.24, 2.45) is 11.3 Å². The van der Waals surface area contributed by atoms with Gasteiger partial charge in [0.25, 0.3) is 0 Å². The first kappa shape index (κ1) is 10.1. The van der Waals surface area contributed by atoms with E-state index in [1.54, 1.807) is 0 Å². The van der Waals surface area contributed by atoms with Crippen molar-refractivity contribution >= 4 is 0 Å². The molecule has 0 aromatic rings. The van der Waals surface area contributed by atoms with Crippen molar-refractivity contribution in [3.63, 3.8) is 0 Å². The van der Waals surface area contributed by atoms with Crippen molar-refractivity contribution in [1.82, 2.24) is 0 Å². The minimum Gasteiger partial charge on any atom is -0.0651 e. The normalized spacial score (nSPS) is 26.2. The minimum atomic E-state index is 0.672. The fraction of sp³-hybridized carbons (Fsp3) is 1.00. The molecule has 0 aromatic carbocycles. The van der Waals surface area contributed by atoms with E-state index in [9.17, 15) is 0 Å². The second-order valence-corrected chi connectivity index (χ2v) is 4.88. The maximum Gasteiger partial charge on any atom is -0.0300 e. The van der Waals surface area contributed by atoms with Gasteiger partial charge >= 0.3 is 0 Å². The predicted molar refractivity (Wildman–Crippen MR) is 55.3 cm³/mol. The molecule has 0 bridgehead atoms. The van der Waals surface area contributed by atoms with Gasteiger partial charge in [-0.1, -0.05) is 52.9 Å². The van der Waals surface area contributed by atoms with E-state index in [0.717, 1.165) is 5.92 Å². The molecular weight excluding hydrogens is 144 g/mol. The van der Waals surface area contributed by atoms with E-state index >= 15 is 0 Å². The first-order chi connectivity index (χ1) is 5.69. The van der Waals surface area contributed by atoms with Crippen LogP contribution in [0.1, 0.15) is 65.7 Å². The van der Waals surface area contributed by atoms with Crippen LogP contribution in [0.4, 0.5) is 0 Å². The van der Waals surface area contributed by atoms with E-state index in [1.807, 2.05) is 0 Å². The zero-order chi connectivity index (χ0) is 9.03.